The average Bonchev–Trinajstić information content (AvgIpc) is 2.99. The number of hydrogen-bond donors (Lipinski definition) is 0. The molecule has 5 nitrogen and oxygen atoms in total. The van der Waals surface area contributed by atoms with Gasteiger partial charge in [-0.1, -0.05) is 29.5 Å². The molecule has 3 aromatic rings. The van der Waals surface area contributed by atoms with E-state index >= 15 is 0 Å². The normalized spacial score (nSPS) is 11.9. The van der Waals surface area contributed by atoms with Gasteiger partial charge >= 0.3 is 0 Å². The van der Waals surface area contributed by atoms with Crippen molar-refractivity contribution in [3.8, 4) is 5.75 Å². The Hall–Kier alpha value is -2.44. The third-order valence-electron chi connectivity index (χ3n) is 4.31. The van der Waals surface area contributed by atoms with Crippen LogP contribution in [-0.4, -0.2) is 30.8 Å². The van der Waals surface area contributed by atoms with Gasteiger partial charge in [0.2, 0.25) is 0 Å². The number of rotatable bonds is 6. The number of carbonyl (C=O) groups excluding carboxylic acids is 1. The number of hydrogen-bond acceptors (Lipinski definition) is 4. The Morgan fingerprint density at radius 3 is 2.74 bits per heavy atom. The highest BCUT2D eigenvalue weighted by Gasteiger charge is 2.14. The summed E-state index contributed by atoms with van der Waals surface area (Å²) in [6.07, 6.45) is 0. The van der Waals surface area contributed by atoms with Crippen LogP contribution in [0.3, 0.4) is 0 Å². The summed E-state index contributed by atoms with van der Waals surface area (Å²) in [5.41, 5.74) is 3.92. The van der Waals surface area contributed by atoms with Crippen LogP contribution < -0.4 is 9.54 Å². The third-order valence-corrected chi connectivity index (χ3v) is 5.54. The molecule has 0 fully saturated rings. The molecule has 0 unspecified atom stereocenters. The molecule has 6 heteroatoms. The van der Waals surface area contributed by atoms with E-state index in [1.165, 1.54) is 22.5 Å². The molecule has 2 aromatic carbocycles. The molecule has 0 atom stereocenters. The van der Waals surface area contributed by atoms with Crippen molar-refractivity contribution in [2.75, 3.05) is 20.3 Å². The number of ether oxygens (including phenoxy) is 2. The first-order valence-electron chi connectivity index (χ1n) is 8.95. The van der Waals surface area contributed by atoms with Crippen molar-refractivity contribution in [3.63, 3.8) is 0 Å². The highest BCUT2D eigenvalue weighted by atomic mass is 32.1. The van der Waals surface area contributed by atoms with Gasteiger partial charge in [-0.05, 0) is 50.1 Å². The number of aromatic nitrogens is 1. The first-order valence-corrected chi connectivity index (χ1v) is 9.77. The third kappa shape index (κ3) is 4.12. The number of benzene rings is 2. The Labute approximate surface area is 162 Å². The Bertz CT molecular complexity index is 1030. The zero-order valence-electron chi connectivity index (χ0n) is 16.1. The quantitative estimate of drug-likeness (QED) is 0.601. The van der Waals surface area contributed by atoms with Gasteiger partial charge in [0.05, 0.1) is 29.5 Å². The monoisotopic (exact) mass is 384 g/mol. The number of thiazole rings is 1. The summed E-state index contributed by atoms with van der Waals surface area (Å²) in [4.78, 5) is 17.9. The van der Waals surface area contributed by atoms with Gasteiger partial charge < -0.3 is 14.0 Å². The highest BCUT2D eigenvalue weighted by molar-refractivity contribution is 7.16. The molecule has 0 N–H and O–H groups in total. The average molecular weight is 385 g/mol. The van der Waals surface area contributed by atoms with Crippen LogP contribution in [0.4, 0.5) is 0 Å². The molecular weight excluding hydrogens is 360 g/mol. The molecule has 142 valence electrons. The van der Waals surface area contributed by atoms with E-state index in [4.69, 9.17) is 9.47 Å². The van der Waals surface area contributed by atoms with Crippen molar-refractivity contribution >= 4 is 27.5 Å². The van der Waals surface area contributed by atoms with E-state index in [-0.39, 0.29) is 5.91 Å². The minimum Gasteiger partial charge on any atom is -0.496 e. The van der Waals surface area contributed by atoms with Gasteiger partial charge in [0.15, 0.2) is 4.80 Å². The lowest BCUT2D eigenvalue weighted by atomic mass is 10.1. The largest absolute Gasteiger partial charge is 0.496 e. The van der Waals surface area contributed by atoms with E-state index in [0.717, 1.165) is 10.2 Å². The van der Waals surface area contributed by atoms with Crippen molar-refractivity contribution in [2.24, 2.45) is 4.99 Å². The number of amides is 1. The van der Waals surface area contributed by atoms with Crippen molar-refractivity contribution in [1.82, 2.24) is 4.57 Å². The Morgan fingerprint density at radius 1 is 1.22 bits per heavy atom. The van der Waals surface area contributed by atoms with Gasteiger partial charge in [0.1, 0.15) is 5.75 Å². The molecule has 0 saturated carbocycles. The molecule has 3 rings (SSSR count). The standard InChI is InChI=1S/C21H24N2O3S/c1-5-26-11-10-23-17-13-14(2)12-15(3)19(17)27-21(23)22-20(24)16-8-6-7-9-18(16)25-4/h6-9,12-13H,5,10-11H2,1-4H3. The van der Waals surface area contributed by atoms with E-state index in [0.29, 0.717) is 35.9 Å². The number of fused-ring (bicyclic) bond motifs is 1. The number of methoxy groups -OCH3 is 1. The highest BCUT2D eigenvalue weighted by Crippen LogP contribution is 2.24. The molecule has 1 amide bonds. The molecule has 0 radical (unpaired) electrons. The molecule has 0 aliphatic heterocycles. The lowest BCUT2D eigenvalue weighted by Crippen LogP contribution is -2.20. The van der Waals surface area contributed by atoms with Gasteiger partial charge in [0.25, 0.3) is 5.91 Å². The zero-order valence-corrected chi connectivity index (χ0v) is 16.9. The minimum atomic E-state index is -0.307. The maximum atomic E-state index is 12.8. The fourth-order valence-corrected chi connectivity index (χ4v) is 4.19. The summed E-state index contributed by atoms with van der Waals surface area (Å²) in [6.45, 7) is 8.02. The molecule has 0 aliphatic rings. The predicted molar refractivity (Wildman–Crippen MR) is 109 cm³/mol. The van der Waals surface area contributed by atoms with E-state index < -0.39 is 0 Å². The predicted octanol–water partition coefficient (Wildman–Crippen LogP) is 4.11. The second kappa shape index (κ2) is 8.50. The van der Waals surface area contributed by atoms with Crippen molar-refractivity contribution in [1.29, 1.82) is 0 Å². The van der Waals surface area contributed by atoms with E-state index in [1.54, 1.807) is 19.2 Å². The second-order valence-electron chi connectivity index (χ2n) is 6.28. The van der Waals surface area contributed by atoms with Gasteiger partial charge in [-0.15, -0.1) is 0 Å². The fraction of sp³-hybridized carbons (Fsp3) is 0.333. The topological polar surface area (TPSA) is 52.8 Å². The molecule has 1 heterocycles. The van der Waals surface area contributed by atoms with Crippen LogP contribution in [0.5, 0.6) is 5.75 Å². The van der Waals surface area contributed by atoms with Crippen LogP contribution in [0.25, 0.3) is 10.2 Å². The van der Waals surface area contributed by atoms with Gasteiger partial charge in [0, 0.05) is 13.2 Å². The van der Waals surface area contributed by atoms with E-state index in [9.17, 15) is 4.79 Å². The number of carbonyl (C=O) groups is 1. The lowest BCUT2D eigenvalue weighted by molar-refractivity contribution is 0.0993. The Morgan fingerprint density at radius 2 is 2.00 bits per heavy atom. The van der Waals surface area contributed by atoms with Crippen LogP contribution in [0.15, 0.2) is 41.4 Å². The van der Waals surface area contributed by atoms with Crippen LogP contribution >= 0.6 is 11.3 Å². The lowest BCUT2D eigenvalue weighted by Gasteiger charge is -2.07. The van der Waals surface area contributed by atoms with E-state index in [2.05, 4.69) is 35.5 Å². The number of nitrogens with zero attached hydrogens (tertiary/aromatic N) is 2. The Balaban J connectivity index is 2.14. The molecule has 0 aliphatic carbocycles. The molecule has 27 heavy (non-hydrogen) atoms. The zero-order chi connectivity index (χ0) is 19.4. The van der Waals surface area contributed by atoms with Crippen LogP contribution in [0.2, 0.25) is 0 Å². The summed E-state index contributed by atoms with van der Waals surface area (Å²) in [5.74, 6) is 0.221. The summed E-state index contributed by atoms with van der Waals surface area (Å²) in [5, 5.41) is 0. The fourth-order valence-electron chi connectivity index (χ4n) is 3.08. The maximum absolute atomic E-state index is 12.8. The molecule has 0 bridgehead atoms. The summed E-state index contributed by atoms with van der Waals surface area (Å²) < 4.78 is 14.1. The van der Waals surface area contributed by atoms with Gasteiger partial charge in [-0.2, -0.15) is 4.99 Å². The van der Waals surface area contributed by atoms with Crippen LogP contribution in [0, 0.1) is 13.8 Å². The van der Waals surface area contributed by atoms with E-state index in [1.807, 2.05) is 19.1 Å². The summed E-state index contributed by atoms with van der Waals surface area (Å²) in [7, 11) is 1.56. The van der Waals surface area contributed by atoms with Crippen molar-refractivity contribution in [3.05, 3.63) is 57.9 Å². The Kier molecular flexibility index (Phi) is 6.08. The van der Waals surface area contributed by atoms with Gasteiger partial charge in [-0.25, -0.2) is 0 Å². The summed E-state index contributed by atoms with van der Waals surface area (Å²) in [6, 6.07) is 11.4. The van der Waals surface area contributed by atoms with Crippen molar-refractivity contribution in [2.45, 2.75) is 27.3 Å². The minimum absolute atomic E-state index is 0.307. The molecule has 0 saturated heterocycles. The number of aryl methyl sites for hydroxylation is 2. The second-order valence-corrected chi connectivity index (χ2v) is 7.26. The molecule has 1 aromatic heterocycles. The molecular formula is C21H24N2O3S. The van der Waals surface area contributed by atoms with Crippen LogP contribution in [0.1, 0.15) is 28.4 Å². The van der Waals surface area contributed by atoms with Crippen LogP contribution in [-0.2, 0) is 11.3 Å². The van der Waals surface area contributed by atoms with Crippen molar-refractivity contribution < 1.29 is 14.3 Å². The first-order chi connectivity index (χ1) is 13.0. The molecule has 0 spiro atoms. The smallest absolute Gasteiger partial charge is 0.283 e. The first kappa shape index (κ1) is 19.3. The number of para-hydroxylation sites is 1. The SMILES string of the molecule is CCOCCn1c(=NC(=O)c2ccccc2OC)sc2c(C)cc(C)cc21. The maximum Gasteiger partial charge on any atom is 0.283 e. The van der Waals surface area contributed by atoms with Gasteiger partial charge in [-0.3, -0.25) is 4.79 Å². The summed E-state index contributed by atoms with van der Waals surface area (Å²) >= 11 is 1.53.